The van der Waals surface area contributed by atoms with Gasteiger partial charge in [-0.15, -0.1) is 0 Å². The summed E-state index contributed by atoms with van der Waals surface area (Å²) in [4.78, 5) is 11.4. The van der Waals surface area contributed by atoms with E-state index in [4.69, 9.17) is 94.6 Å². The Balaban J connectivity index is 5.20. The van der Waals surface area contributed by atoms with Gasteiger partial charge in [-0.25, -0.2) is 4.79 Å². The van der Waals surface area contributed by atoms with Crippen LogP contribution >= 0.6 is 69.6 Å². The molecule has 0 unspecified atom stereocenters. The van der Waals surface area contributed by atoms with E-state index in [1.54, 1.807) is 6.92 Å². The molecule has 0 aliphatic carbocycles. The minimum absolute atomic E-state index is 0.169. The van der Waals surface area contributed by atoms with Gasteiger partial charge < -0.3 is 14.2 Å². The number of esters is 1. The highest BCUT2D eigenvalue weighted by atomic mass is 35.6. The van der Waals surface area contributed by atoms with Crippen LogP contribution in [0.25, 0.3) is 0 Å². The zero-order chi connectivity index (χ0) is 19.1. The maximum Gasteiger partial charge on any atom is 0.330 e. The number of nitrogens with one attached hydrogen (secondary N) is 2. The molecule has 0 aromatic rings. The fourth-order valence-corrected chi connectivity index (χ4v) is 1.45. The van der Waals surface area contributed by atoms with Gasteiger partial charge in [0.2, 0.25) is 11.8 Å². The molecule has 12 heteroatoms. The van der Waals surface area contributed by atoms with E-state index < -0.39 is 37.6 Å². The Kier molecular flexibility index (Phi) is 10.1. The van der Waals surface area contributed by atoms with Gasteiger partial charge in [0.15, 0.2) is 6.10 Å². The van der Waals surface area contributed by atoms with Crippen LogP contribution in [0, 0.1) is 10.8 Å². The van der Waals surface area contributed by atoms with Gasteiger partial charge in [-0.2, -0.15) is 0 Å². The molecule has 0 aromatic heterocycles. The molecular formula is C12H14Cl6N2O4. The van der Waals surface area contributed by atoms with Gasteiger partial charge in [0.05, 0.1) is 6.61 Å². The normalized spacial score (nSPS) is 14.8. The first-order valence-corrected chi connectivity index (χ1v) is 8.55. The average Bonchev–Trinajstić information content (AvgIpc) is 2.40. The summed E-state index contributed by atoms with van der Waals surface area (Å²) < 4.78 is 10.8. The van der Waals surface area contributed by atoms with Gasteiger partial charge in [-0.3, -0.25) is 10.8 Å². The van der Waals surface area contributed by atoms with Crippen LogP contribution in [0.5, 0.6) is 0 Å². The second-order valence-corrected chi connectivity index (χ2v) is 8.73. The highest BCUT2D eigenvalue weighted by Crippen LogP contribution is 2.30. The number of alkyl halides is 6. The van der Waals surface area contributed by atoms with E-state index >= 15 is 0 Å². The van der Waals surface area contributed by atoms with Gasteiger partial charge in [-0.1, -0.05) is 69.6 Å². The minimum Gasteiger partial charge on any atom is -0.471 e. The van der Waals surface area contributed by atoms with E-state index in [-0.39, 0.29) is 6.61 Å². The van der Waals surface area contributed by atoms with Crippen molar-refractivity contribution in [1.82, 2.24) is 0 Å². The van der Waals surface area contributed by atoms with E-state index in [2.05, 4.69) is 0 Å². The van der Waals surface area contributed by atoms with Gasteiger partial charge >= 0.3 is 5.97 Å². The lowest BCUT2D eigenvalue weighted by atomic mass is 10.2. The van der Waals surface area contributed by atoms with Crippen molar-refractivity contribution < 1.29 is 19.0 Å². The van der Waals surface area contributed by atoms with Gasteiger partial charge in [0, 0.05) is 6.08 Å². The Morgan fingerprint density at radius 3 is 1.92 bits per heavy atom. The predicted molar refractivity (Wildman–Crippen MR) is 97.2 cm³/mol. The lowest BCUT2D eigenvalue weighted by molar-refractivity contribution is -0.137. The molecule has 0 radical (unpaired) electrons. The highest BCUT2D eigenvalue weighted by molar-refractivity contribution is 6.76. The van der Waals surface area contributed by atoms with Crippen LogP contribution in [0.1, 0.15) is 13.8 Å². The lowest BCUT2D eigenvalue weighted by Crippen LogP contribution is -2.37. The van der Waals surface area contributed by atoms with Gasteiger partial charge in [-0.05, 0) is 19.9 Å². The molecule has 0 aliphatic rings. The highest BCUT2D eigenvalue weighted by Gasteiger charge is 2.35. The first kappa shape index (κ1) is 23.9. The zero-order valence-corrected chi connectivity index (χ0v) is 17.0. The summed E-state index contributed by atoms with van der Waals surface area (Å²) in [6, 6.07) is 0. The molecule has 2 N–H and O–H groups in total. The number of rotatable bonds is 6. The molecular weight excluding hydrogens is 449 g/mol. The molecule has 24 heavy (non-hydrogen) atoms. The molecule has 0 rings (SSSR count). The van der Waals surface area contributed by atoms with Crippen LogP contribution < -0.4 is 0 Å². The molecule has 138 valence electrons. The van der Waals surface area contributed by atoms with Crippen molar-refractivity contribution in [2.45, 2.75) is 33.6 Å². The largest absolute Gasteiger partial charge is 0.471 e. The van der Waals surface area contributed by atoms with Crippen molar-refractivity contribution in [3.63, 3.8) is 0 Å². The number of carbonyl (C=O) groups excluding carboxylic acids is 1. The summed E-state index contributed by atoms with van der Waals surface area (Å²) in [6.45, 7) is 3.24. The quantitative estimate of drug-likeness (QED) is 0.198. The summed E-state index contributed by atoms with van der Waals surface area (Å²) in [5.41, 5.74) is 0. The molecule has 0 heterocycles. The maximum atomic E-state index is 11.4. The minimum atomic E-state index is -2.13. The molecule has 0 saturated heterocycles. The summed E-state index contributed by atoms with van der Waals surface area (Å²) in [6.07, 6.45) is 0.175. The second-order valence-electron chi connectivity index (χ2n) is 4.17. The fraction of sp³-hybridized carbons (Fsp3) is 0.583. The number of hydrogen-bond donors (Lipinski definition) is 2. The predicted octanol–water partition coefficient (Wildman–Crippen LogP) is 4.59. The average molecular weight is 463 g/mol. The Bertz CT molecular complexity index is 501. The maximum absolute atomic E-state index is 11.4. The number of carbonyl (C=O) groups is 1. The van der Waals surface area contributed by atoms with Crippen LogP contribution in [-0.2, 0) is 19.0 Å². The topological polar surface area (TPSA) is 92.5 Å². The summed E-state index contributed by atoms with van der Waals surface area (Å²) in [7, 11) is 0. The molecule has 2 atom stereocenters. The number of hydrogen-bond acceptors (Lipinski definition) is 6. The summed E-state index contributed by atoms with van der Waals surface area (Å²) in [5.74, 6) is -2.06. The monoisotopic (exact) mass is 460 g/mol. The van der Waals surface area contributed by atoms with Crippen LogP contribution in [-0.4, -0.2) is 44.2 Å². The van der Waals surface area contributed by atoms with Gasteiger partial charge in [0.25, 0.3) is 7.59 Å². The summed E-state index contributed by atoms with van der Waals surface area (Å²) >= 11 is 33.2. The molecule has 0 spiro atoms. The van der Waals surface area contributed by atoms with E-state index in [0.717, 1.165) is 6.08 Å². The van der Waals surface area contributed by atoms with Crippen molar-refractivity contribution >= 4 is 87.4 Å². The molecule has 6 nitrogen and oxygen atoms in total. The molecule has 0 amide bonds. The van der Waals surface area contributed by atoms with Crippen LogP contribution in [0.2, 0.25) is 0 Å². The van der Waals surface area contributed by atoms with Crippen molar-refractivity contribution in [2.75, 3.05) is 6.61 Å². The Morgan fingerprint density at radius 1 is 1.04 bits per heavy atom. The van der Waals surface area contributed by atoms with E-state index in [0.29, 0.717) is 0 Å². The molecule has 0 aliphatic heterocycles. The van der Waals surface area contributed by atoms with Crippen molar-refractivity contribution in [3.8, 4) is 0 Å². The summed E-state index contributed by atoms with van der Waals surface area (Å²) in [5, 5.41) is 15.1. The third-order valence-electron chi connectivity index (χ3n) is 2.24. The van der Waals surface area contributed by atoms with E-state index in [1.165, 1.54) is 13.0 Å². The van der Waals surface area contributed by atoms with Crippen molar-refractivity contribution in [3.05, 3.63) is 12.2 Å². The third kappa shape index (κ3) is 9.39. The molecule has 0 saturated carbocycles. The second kappa shape index (κ2) is 10.1. The SMILES string of the molecule is CCOC(=O)/C=C/[C@@H](OC(=N)C(Cl)(Cl)Cl)[C@@H](C)OC(=N)C(Cl)(Cl)Cl. The van der Waals surface area contributed by atoms with E-state index in [9.17, 15) is 4.79 Å². The molecule has 0 bridgehead atoms. The smallest absolute Gasteiger partial charge is 0.330 e. The lowest BCUT2D eigenvalue weighted by Gasteiger charge is -2.26. The van der Waals surface area contributed by atoms with Crippen LogP contribution in [0.3, 0.4) is 0 Å². The molecule has 0 aromatic carbocycles. The first-order valence-electron chi connectivity index (χ1n) is 6.28. The first-order chi connectivity index (χ1) is 10.8. The van der Waals surface area contributed by atoms with Crippen LogP contribution in [0.4, 0.5) is 0 Å². The number of ether oxygens (including phenoxy) is 3. The molecule has 0 fully saturated rings. The standard InChI is InChI=1S/C12H14Cl6N2O4/c1-3-22-8(21)5-4-7(24-10(20)12(16,17)18)6(2)23-9(19)11(13,14)15/h4-7,19-20H,3H2,1-2H3/b5-4+,19-9?,20-10?/t6-,7-/m1/s1. The van der Waals surface area contributed by atoms with E-state index in [1.807, 2.05) is 0 Å². The third-order valence-corrected chi connectivity index (χ3v) is 3.27. The van der Waals surface area contributed by atoms with Crippen molar-refractivity contribution in [1.29, 1.82) is 10.8 Å². The van der Waals surface area contributed by atoms with Crippen molar-refractivity contribution in [2.24, 2.45) is 0 Å². The number of halogens is 6. The fourth-order valence-electron chi connectivity index (χ4n) is 1.18. The van der Waals surface area contributed by atoms with Gasteiger partial charge in [0.1, 0.15) is 6.10 Å². The Hall–Kier alpha value is -0.110. The Morgan fingerprint density at radius 2 is 1.50 bits per heavy atom. The zero-order valence-electron chi connectivity index (χ0n) is 12.4. The van der Waals surface area contributed by atoms with Crippen LogP contribution in [0.15, 0.2) is 12.2 Å². The Labute approximate surface area is 169 Å².